The van der Waals surface area contributed by atoms with Gasteiger partial charge >= 0.3 is 61.3 Å². The summed E-state index contributed by atoms with van der Waals surface area (Å²) in [6.07, 6.45) is 2.69. The van der Waals surface area contributed by atoms with E-state index in [9.17, 15) is 0 Å². The molecule has 50 valence electrons. The Morgan fingerprint density at radius 2 is 2.50 bits per heavy atom. The van der Waals surface area contributed by atoms with Crippen LogP contribution in [-0.4, -0.2) is 15.0 Å². The van der Waals surface area contributed by atoms with Gasteiger partial charge in [0.1, 0.15) is 0 Å². The first-order valence-corrected chi connectivity index (χ1v) is 6.01. The second kappa shape index (κ2) is 3.67. The third kappa shape index (κ3) is 2.87. The molecule has 1 fully saturated rings. The average molecular weight is 226 g/mol. The van der Waals surface area contributed by atoms with Crippen LogP contribution in [0.1, 0.15) is 19.8 Å². The maximum absolute atomic E-state index is 3.51. The number of halogens is 1. The molecule has 0 aliphatic carbocycles. The van der Waals surface area contributed by atoms with Gasteiger partial charge in [0.2, 0.25) is 0 Å². The molecule has 8 heavy (non-hydrogen) atoms. The maximum atomic E-state index is 3.51. The first-order valence-electron chi connectivity index (χ1n) is 3.24. The fourth-order valence-corrected chi connectivity index (χ4v) is 1.78. The third-order valence-electron chi connectivity index (χ3n) is 1.20. The van der Waals surface area contributed by atoms with Gasteiger partial charge in [-0.25, -0.2) is 0 Å². The Bertz CT molecular complexity index is 61.5. The van der Waals surface area contributed by atoms with E-state index in [0.717, 1.165) is 4.05 Å². The number of nitrogens with one attached hydrogen (secondary N) is 1. The summed E-state index contributed by atoms with van der Waals surface area (Å²) in [6.45, 7) is 3.50. The van der Waals surface area contributed by atoms with Crippen LogP contribution in [0, 0.1) is 0 Å². The number of unbranched alkanes of at least 4 members (excludes halogenated alkanes) is 1. The van der Waals surface area contributed by atoms with E-state index in [1.54, 1.807) is 0 Å². The van der Waals surface area contributed by atoms with Crippen molar-refractivity contribution in [3.05, 3.63) is 0 Å². The van der Waals surface area contributed by atoms with Crippen molar-refractivity contribution in [2.24, 2.45) is 0 Å². The topological polar surface area (TPSA) is 12.0 Å². The number of rotatable bonds is 4. The van der Waals surface area contributed by atoms with Crippen LogP contribution in [0.5, 0.6) is 0 Å². The Balaban J connectivity index is 1.74. The van der Waals surface area contributed by atoms with Crippen LogP contribution in [0.4, 0.5) is 0 Å². The van der Waals surface area contributed by atoms with Crippen LogP contribution < -0.4 is 26.5 Å². The van der Waals surface area contributed by atoms with Crippen molar-refractivity contribution < 1.29 is 21.2 Å². The van der Waals surface area contributed by atoms with Crippen LogP contribution in [0.25, 0.3) is 0 Å². The zero-order valence-corrected chi connectivity index (χ0v) is 7.44. The summed E-state index contributed by atoms with van der Waals surface area (Å²) in [5.74, 6) is 0. The number of hydrogen-bond acceptors (Lipinski definition) is 1. The van der Waals surface area contributed by atoms with Crippen molar-refractivity contribution in [1.82, 2.24) is 5.32 Å². The molecule has 0 aromatic rings. The third-order valence-corrected chi connectivity index (χ3v) is 3.41. The summed E-state index contributed by atoms with van der Waals surface area (Å²) in [6, 6.07) is 0. The molecule has 0 spiro atoms. The van der Waals surface area contributed by atoms with Crippen molar-refractivity contribution in [3.63, 3.8) is 0 Å². The SMILES string of the molecule is CCCCN[C@H]1C[I-]1. The Hall–Kier alpha value is 0.690. The van der Waals surface area contributed by atoms with Gasteiger partial charge in [0.25, 0.3) is 0 Å². The Labute approximate surface area is 61.5 Å². The Morgan fingerprint density at radius 3 is 3.00 bits per heavy atom. The van der Waals surface area contributed by atoms with Crippen LogP contribution >= 0.6 is 0 Å². The minimum atomic E-state index is 0.645. The molecule has 0 saturated carbocycles. The fourth-order valence-electron chi connectivity index (χ4n) is 0.589. The molecule has 0 bridgehead atoms. The van der Waals surface area contributed by atoms with Crippen LogP contribution in [-0.2, 0) is 0 Å². The van der Waals surface area contributed by atoms with Gasteiger partial charge in [-0.15, -0.1) is 0 Å². The molecule has 1 saturated heterocycles. The van der Waals surface area contributed by atoms with Gasteiger partial charge in [-0.1, -0.05) is 0 Å². The summed E-state index contributed by atoms with van der Waals surface area (Å²) in [5, 5.41) is 3.51. The van der Waals surface area contributed by atoms with Crippen LogP contribution in [0.3, 0.4) is 0 Å². The van der Waals surface area contributed by atoms with Gasteiger partial charge < -0.3 is 0 Å². The van der Waals surface area contributed by atoms with Gasteiger partial charge in [-0.2, -0.15) is 0 Å². The van der Waals surface area contributed by atoms with Gasteiger partial charge in [0.05, 0.1) is 0 Å². The second-order valence-corrected chi connectivity index (χ2v) is 5.35. The molecular formula is C6H13IN-. The molecule has 1 aliphatic heterocycles. The summed E-state index contributed by atoms with van der Waals surface area (Å²) in [4.78, 5) is 0. The molecule has 1 aliphatic rings. The quantitative estimate of drug-likeness (QED) is 0.248. The number of hydrogen-bond donors (Lipinski definition) is 1. The van der Waals surface area contributed by atoms with Crippen LogP contribution in [0.2, 0.25) is 0 Å². The normalized spacial score (nSPS) is 26.9. The van der Waals surface area contributed by atoms with Gasteiger partial charge in [0.15, 0.2) is 0 Å². The standard InChI is InChI=1S/C6H13IN/c1-2-3-4-8-6-5-7-6/h6,8H,2-5H2,1H3/q-1/t6-/m0/s1. The van der Waals surface area contributed by atoms with Gasteiger partial charge in [0, 0.05) is 0 Å². The second-order valence-electron chi connectivity index (χ2n) is 2.08. The molecule has 0 aromatic heterocycles. The Morgan fingerprint density at radius 1 is 1.75 bits per heavy atom. The molecule has 1 rings (SSSR count). The van der Waals surface area contributed by atoms with E-state index in [-0.39, 0.29) is 0 Å². The van der Waals surface area contributed by atoms with Crippen molar-refractivity contribution in [2.75, 3.05) is 11.0 Å². The summed E-state index contributed by atoms with van der Waals surface area (Å²) >= 11 is 0.645. The zero-order chi connectivity index (χ0) is 5.82. The predicted octanol–water partition coefficient (Wildman–Crippen LogP) is -2.20. The van der Waals surface area contributed by atoms with E-state index >= 15 is 0 Å². The molecule has 2 heteroatoms. The summed E-state index contributed by atoms with van der Waals surface area (Å²) in [7, 11) is 0. The van der Waals surface area contributed by atoms with Crippen molar-refractivity contribution in [2.45, 2.75) is 23.8 Å². The Kier molecular flexibility index (Phi) is 3.12. The van der Waals surface area contributed by atoms with E-state index in [4.69, 9.17) is 0 Å². The van der Waals surface area contributed by atoms with Crippen molar-refractivity contribution in [3.8, 4) is 0 Å². The first kappa shape index (κ1) is 6.81. The molecular weight excluding hydrogens is 213 g/mol. The molecule has 0 radical (unpaired) electrons. The van der Waals surface area contributed by atoms with E-state index in [0.29, 0.717) is 21.2 Å². The molecule has 0 unspecified atom stereocenters. The van der Waals surface area contributed by atoms with Gasteiger partial charge in [-0.3, -0.25) is 0 Å². The number of alkyl halides is 2. The predicted molar refractivity (Wildman–Crippen MR) is 31.6 cm³/mol. The summed E-state index contributed by atoms with van der Waals surface area (Å²) < 4.78 is 2.54. The van der Waals surface area contributed by atoms with E-state index in [1.165, 1.54) is 23.8 Å². The zero-order valence-electron chi connectivity index (χ0n) is 5.28. The first-order chi connectivity index (χ1) is 3.93. The molecule has 1 nitrogen and oxygen atoms in total. The van der Waals surface area contributed by atoms with E-state index < -0.39 is 0 Å². The molecule has 1 atom stereocenters. The molecule has 1 N–H and O–H groups in total. The van der Waals surface area contributed by atoms with E-state index in [1.807, 2.05) is 0 Å². The van der Waals surface area contributed by atoms with Crippen LogP contribution in [0.15, 0.2) is 0 Å². The van der Waals surface area contributed by atoms with Crippen molar-refractivity contribution in [1.29, 1.82) is 0 Å². The van der Waals surface area contributed by atoms with Gasteiger partial charge in [-0.05, 0) is 0 Å². The fraction of sp³-hybridized carbons (Fsp3) is 1.00. The molecule has 1 heterocycles. The van der Waals surface area contributed by atoms with Crippen molar-refractivity contribution >= 4 is 0 Å². The minimum absolute atomic E-state index is 0.645. The van der Waals surface area contributed by atoms with E-state index in [2.05, 4.69) is 12.2 Å². The summed E-state index contributed by atoms with van der Waals surface area (Å²) in [5.41, 5.74) is 0. The average Bonchev–Trinajstić information content (AvgIpc) is 2.51. The monoisotopic (exact) mass is 226 g/mol. The molecule has 0 aromatic carbocycles. The molecule has 0 amide bonds.